The quantitative estimate of drug-likeness (QED) is 0.792. The van der Waals surface area contributed by atoms with Crippen LogP contribution in [-0.4, -0.2) is 36.8 Å². The zero-order valence-corrected chi connectivity index (χ0v) is 12.2. The van der Waals surface area contributed by atoms with E-state index in [2.05, 4.69) is 5.32 Å². The topological polar surface area (TPSA) is 69.3 Å². The van der Waals surface area contributed by atoms with E-state index < -0.39 is 0 Å². The van der Waals surface area contributed by atoms with Gasteiger partial charge in [0.1, 0.15) is 5.69 Å². The van der Waals surface area contributed by atoms with Gasteiger partial charge in [-0.05, 0) is 30.9 Å². The van der Waals surface area contributed by atoms with Gasteiger partial charge in [0.05, 0.1) is 6.61 Å². The average molecular weight is 279 g/mol. The summed E-state index contributed by atoms with van der Waals surface area (Å²) in [5.74, 6) is 0.500. The van der Waals surface area contributed by atoms with Crippen LogP contribution in [0, 0.1) is 5.92 Å². The molecule has 1 heterocycles. The maximum Gasteiger partial charge on any atom is 0.268 e. The molecule has 20 heavy (non-hydrogen) atoms. The van der Waals surface area contributed by atoms with Crippen molar-refractivity contribution in [2.45, 2.75) is 38.3 Å². The summed E-state index contributed by atoms with van der Waals surface area (Å²) in [6, 6.07) is 3.82. The Morgan fingerprint density at radius 1 is 1.55 bits per heavy atom. The van der Waals surface area contributed by atoms with Crippen LogP contribution in [0.5, 0.6) is 0 Å². The van der Waals surface area contributed by atoms with Crippen LogP contribution in [0.2, 0.25) is 0 Å². The second-order valence-electron chi connectivity index (χ2n) is 5.44. The summed E-state index contributed by atoms with van der Waals surface area (Å²) in [7, 11) is 1.66. The zero-order valence-electron chi connectivity index (χ0n) is 12.2. The number of aromatic nitrogens is 1. The van der Waals surface area contributed by atoms with Gasteiger partial charge >= 0.3 is 0 Å². The molecule has 1 unspecified atom stereocenters. The van der Waals surface area contributed by atoms with E-state index in [1.54, 1.807) is 7.11 Å². The summed E-state index contributed by atoms with van der Waals surface area (Å²) >= 11 is 0. The molecule has 1 atom stereocenters. The highest BCUT2D eigenvalue weighted by Gasteiger charge is 2.26. The minimum atomic E-state index is -0.0338. The number of amides is 1. The van der Waals surface area contributed by atoms with Crippen molar-refractivity contribution in [2.24, 2.45) is 11.7 Å². The monoisotopic (exact) mass is 279 g/mol. The van der Waals surface area contributed by atoms with Crippen molar-refractivity contribution in [3.05, 3.63) is 24.0 Å². The maximum absolute atomic E-state index is 12.4. The molecule has 5 heteroatoms. The fourth-order valence-electron chi connectivity index (χ4n) is 2.98. The van der Waals surface area contributed by atoms with Crippen LogP contribution in [0.15, 0.2) is 18.3 Å². The summed E-state index contributed by atoms with van der Waals surface area (Å²) < 4.78 is 6.98. The number of nitrogens with one attached hydrogen (secondary N) is 1. The molecule has 0 aliphatic heterocycles. The Hall–Kier alpha value is -1.33. The second-order valence-corrected chi connectivity index (χ2v) is 5.44. The molecule has 0 spiro atoms. The molecule has 2 rings (SSSR count). The lowest BCUT2D eigenvalue weighted by Crippen LogP contribution is -2.45. The van der Waals surface area contributed by atoms with Gasteiger partial charge in [-0.2, -0.15) is 0 Å². The van der Waals surface area contributed by atoms with Gasteiger partial charge in [0.2, 0.25) is 0 Å². The standard InChI is InChI=1S/C15H25N3O2/c1-20-10-9-18-8-4-7-14(18)15(19)17-13(11-16)12-5-2-3-6-12/h4,7-8,12-13H,2-3,5-6,9-11,16H2,1H3,(H,17,19). The van der Waals surface area contributed by atoms with E-state index in [4.69, 9.17) is 10.5 Å². The molecular formula is C15H25N3O2. The van der Waals surface area contributed by atoms with Crippen molar-refractivity contribution < 1.29 is 9.53 Å². The molecule has 1 aliphatic rings. The average Bonchev–Trinajstić information content (AvgIpc) is 3.13. The first-order chi connectivity index (χ1) is 9.76. The number of hydrogen-bond acceptors (Lipinski definition) is 3. The molecule has 1 saturated carbocycles. The Bertz CT molecular complexity index is 425. The highest BCUT2D eigenvalue weighted by Crippen LogP contribution is 2.27. The summed E-state index contributed by atoms with van der Waals surface area (Å²) in [6.45, 7) is 1.79. The van der Waals surface area contributed by atoms with Crippen LogP contribution in [0.25, 0.3) is 0 Å². The summed E-state index contributed by atoms with van der Waals surface area (Å²) in [5.41, 5.74) is 6.51. The van der Waals surface area contributed by atoms with Crippen molar-refractivity contribution in [1.29, 1.82) is 0 Å². The van der Waals surface area contributed by atoms with Gasteiger partial charge in [0, 0.05) is 32.4 Å². The predicted octanol–water partition coefficient (Wildman–Crippen LogP) is 1.38. The van der Waals surface area contributed by atoms with Gasteiger partial charge in [0.25, 0.3) is 5.91 Å². The van der Waals surface area contributed by atoms with Crippen molar-refractivity contribution in [3.8, 4) is 0 Å². The van der Waals surface area contributed by atoms with Gasteiger partial charge in [0.15, 0.2) is 0 Å². The van der Waals surface area contributed by atoms with Crippen LogP contribution < -0.4 is 11.1 Å². The van der Waals surface area contributed by atoms with Crippen LogP contribution in [0.3, 0.4) is 0 Å². The minimum absolute atomic E-state index is 0.0338. The molecule has 0 aromatic carbocycles. The van der Waals surface area contributed by atoms with Crippen LogP contribution >= 0.6 is 0 Å². The van der Waals surface area contributed by atoms with Crippen molar-refractivity contribution in [3.63, 3.8) is 0 Å². The normalized spacial score (nSPS) is 17.3. The van der Waals surface area contributed by atoms with E-state index in [-0.39, 0.29) is 11.9 Å². The number of ether oxygens (including phenoxy) is 1. The highest BCUT2D eigenvalue weighted by atomic mass is 16.5. The molecule has 112 valence electrons. The van der Waals surface area contributed by atoms with Gasteiger partial charge in [-0.3, -0.25) is 4.79 Å². The van der Waals surface area contributed by atoms with Crippen molar-refractivity contribution >= 4 is 5.91 Å². The first kappa shape index (κ1) is 15.1. The molecule has 5 nitrogen and oxygen atoms in total. The van der Waals surface area contributed by atoms with E-state index in [9.17, 15) is 4.79 Å². The Morgan fingerprint density at radius 3 is 2.95 bits per heavy atom. The maximum atomic E-state index is 12.4. The van der Waals surface area contributed by atoms with Gasteiger partial charge in [-0.1, -0.05) is 12.8 Å². The SMILES string of the molecule is COCCn1cccc1C(=O)NC(CN)C1CCCC1. The predicted molar refractivity (Wildman–Crippen MR) is 78.6 cm³/mol. The zero-order chi connectivity index (χ0) is 14.4. The number of nitrogens with two attached hydrogens (primary N) is 1. The Kier molecular flexibility index (Phi) is 5.61. The number of carbonyl (C=O) groups is 1. The summed E-state index contributed by atoms with van der Waals surface area (Å²) in [4.78, 5) is 12.4. The number of rotatable bonds is 7. The van der Waals surface area contributed by atoms with E-state index in [0.29, 0.717) is 31.3 Å². The second kappa shape index (κ2) is 7.45. The lowest BCUT2D eigenvalue weighted by molar-refractivity contribution is 0.0912. The lowest BCUT2D eigenvalue weighted by Gasteiger charge is -2.23. The molecule has 1 fully saturated rings. The third-order valence-electron chi connectivity index (χ3n) is 4.14. The van der Waals surface area contributed by atoms with Gasteiger partial charge in [-0.25, -0.2) is 0 Å². The Balaban J connectivity index is 1.97. The molecule has 1 aliphatic carbocycles. The highest BCUT2D eigenvalue weighted by molar-refractivity contribution is 5.93. The minimum Gasteiger partial charge on any atom is -0.383 e. The van der Waals surface area contributed by atoms with E-state index >= 15 is 0 Å². The molecule has 3 N–H and O–H groups in total. The van der Waals surface area contributed by atoms with Crippen LogP contribution in [-0.2, 0) is 11.3 Å². The number of hydrogen-bond donors (Lipinski definition) is 2. The third kappa shape index (κ3) is 3.61. The van der Waals surface area contributed by atoms with Crippen molar-refractivity contribution in [1.82, 2.24) is 9.88 Å². The summed E-state index contributed by atoms with van der Waals surface area (Å²) in [5, 5.41) is 3.10. The smallest absolute Gasteiger partial charge is 0.268 e. The molecule has 0 saturated heterocycles. The van der Waals surface area contributed by atoms with Gasteiger partial charge < -0.3 is 20.4 Å². The molecule has 1 aromatic rings. The fraction of sp³-hybridized carbons (Fsp3) is 0.667. The molecule has 1 amide bonds. The van der Waals surface area contributed by atoms with Gasteiger partial charge in [-0.15, -0.1) is 0 Å². The third-order valence-corrected chi connectivity index (χ3v) is 4.14. The number of methoxy groups -OCH3 is 1. The fourth-order valence-corrected chi connectivity index (χ4v) is 2.98. The van der Waals surface area contributed by atoms with Crippen molar-refractivity contribution in [2.75, 3.05) is 20.3 Å². The van der Waals surface area contributed by atoms with Crippen LogP contribution in [0.1, 0.15) is 36.2 Å². The molecule has 0 radical (unpaired) electrons. The van der Waals surface area contributed by atoms with E-state index in [0.717, 1.165) is 0 Å². The number of carbonyl (C=O) groups excluding carboxylic acids is 1. The lowest BCUT2D eigenvalue weighted by atomic mass is 9.98. The largest absolute Gasteiger partial charge is 0.383 e. The van der Waals surface area contributed by atoms with E-state index in [1.807, 2.05) is 22.9 Å². The van der Waals surface area contributed by atoms with E-state index in [1.165, 1.54) is 25.7 Å². The number of nitrogens with zero attached hydrogens (tertiary/aromatic N) is 1. The molecular weight excluding hydrogens is 254 g/mol. The Morgan fingerprint density at radius 2 is 2.30 bits per heavy atom. The Labute approximate surface area is 120 Å². The molecule has 0 bridgehead atoms. The first-order valence-electron chi connectivity index (χ1n) is 7.41. The van der Waals surface area contributed by atoms with Crippen LogP contribution in [0.4, 0.5) is 0 Å². The first-order valence-corrected chi connectivity index (χ1v) is 7.41. The molecule has 1 aromatic heterocycles. The summed E-state index contributed by atoms with van der Waals surface area (Å²) in [6.07, 6.45) is 6.75.